The van der Waals surface area contributed by atoms with Gasteiger partial charge in [-0.25, -0.2) is 0 Å². The molecule has 132 valence electrons. The van der Waals surface area contributed by atoms with E-state index < -0.39 is 0 Å². The summed E-state index contributed by atoms with van der Waals surface area (Å²) in [5.41, 5.74) is 14.5. The molecule has 1 unspecified atom stereocenters. The summed E-state index contributed by atoms with van der Waals surface area (Å²) in [5, 5.41) is 9.65. The molecule has 0 aromatic heterocycles. The number of para-hydroxylation sites is 1. The average molecular weight is 355 g/mol. The van der Waals surface area contributed by atoms with Crippen LogP contribution in [-0.2, 0) is 0 Å². The van der Waals surface area contributed by atoms with Gasteiger partial charge in [0.25, 0.3) is 0 Å². The molecule has 0 saturated heterocycles. The van der Waals surface area contributed by atoms with E-state index in [0.29, 0.717) is 22.8 Å². The Hall–Kier alpha value is -3.91. The maximum absolute atomic E-state index is 9.65. The molecule has 0 aliphatic carbocycles. The summed E-state index contributed by atoms with van der Waals surface area (Å²) in [4.78, 5) is 0. The van der Waals surface area contributed by atoms with E-state index in [0.717, 1.165) is 16.9 Å². The van der Waals surface area contributed by atoms with Gasteiger partial charge in [0.1, 0.15) is 28.9 Å². The van der Waals surface area contributed by atoms with Crippen LogP contribution in [0.1, 0.15) is 17.0 Å². The zero-order chi connectivity index (χ0) is 18.8. The first kappa shape index (κ1) is 16.6. The van der Waals surface area contributed by atoms with E-state index in [1.807, 2.05) is 60.7 Å². The van der Waals surface area contributed by atoms with Gasteiger partial charge in [0.2, 0.25) is 5.88 Å². The highest BCUT2D eigenvalue weighted by molar-refractivity contribution is 5.60. The number of fused-ring (bicyclic) bond motifs is 1. The molecule has 1 aliphatic heterocycles. The molecule has 5 nitrogen and oxygen atoms in total. The standard InChI is InChI=1S/C22H17N3O2/c23-13-19-21(18-10-9-15(24)12-20(18)27-22(19)25)14-5-4-8-17(11-14)26-16-6-2-1-3-7-16/h1-12,21H,24-25H2. The van der Waals surface area contributed by atoms with Gasteiger partial charge in [0.15, 0.2) is 0 Å². The number of nitrogen functional groups attached to an aromatic ring is 1. The molecule has 1 aliphatic rings. The van der Waals surface area contributed by atoms with Crippen LogP contribution in [-0.4, -0.2) is 0 Å². The third kappa shape index (κ3) is 3.16. The zero-order valence-corrected chi connectivity index (χ0v) is 14.4. The minimum atomic E-state index is -0.348. The van der Waals surface area contributed by atoms with Gasteiger partial charge >= 0.3 is 0 Å². The van der Waals surface area contributed by atoms with Crippen LogP contribution in [0.25, 0.3) is 0 Å². The number of allylic oxidation sites excluding steroid dienone is 1. The number of nitrogens with two attached hydrogens (primary N) is 2. The summed E-state index contributed by atoms with van der Waals surface area (Å²) in [6.45, 7) is 0. The Bertz CT molecular complexity index is 1070. The fourth-order valence-corrected chi connectivity index (χ4v) is 3.20. The van der Waals surface area contributed by atoms with Crippen molar-refractivity contribution in [3.8, 4) is 23.3 Å². The van der Waals surface area contributed by atoms with E-state index in [1.54, 1.807) is 12.1 Å². The largest absolute Gasteiger partial charge is 0.457 e. The highest BCUT2D eigenvalue weighted by Crippen LogP contribution is 2.43. The van der Waals surface area contributed by atoms with Crippen LogP contribution < -0.4 is 20.9 Å². The number of nitrogens with zero attached hydrogens (tertiary/aromatic N) is 1. The van der Waals surface area contributed by atoms with Crippen molar-refractivity contribution in [1.29, 1.82) is 5.26 Å². The lowest BCUT2D eigenvalue weighted by atomic mass is 9.83. The van der Waals surface area contributed by atoms with Crippen LogP contribution in [0.5, 0.6) is 17.2 Å². The Balaban J connectivity index is 1.78. The molecule has 0 saturated carbocycles. The van der Waals surface area contributed by atoms with Crippen molar-refractivity contribution >= 4 is 5.69 Å². The molecule has 0 amide bonds. The summed E-state index contributed by atoms with van der Waals surface area (Å²) in [6.07, 6.45) is 0. The Morgan fingerprint density at radius 1 is 0.889 bits per heavy atom. The maximum atomic E-state index is 9.65. The Morgan fingerprint density at radius 3 is 2.44 bits per heavy atom. The van der Waals surface area contributed by atoms with Crippen molar-refractivity contribution in [2.45, 2.75) is 5.92 Å². The van der Waals surface area contributed by atoms with E-state index in [1.165, 1.54) is 0 Å². The summed E-state index contributed by atoms with van der Waals surface area (Å²) < 4.78 is 11.5. The molecule has 4 N–H and O–H groups in total. The number of anilines is 1. The van der Waals surface area contributed by atoms with Gasteiger partial charge in [-0.3, -0.25) is 0 Å². The molecule has 0 spiro atoms. The molecule has 5 heteroatoms. The normalized spacial score (nSPS) is 15.4. The monoisotopic (exact) mass is 355 g/mol. The first-order chi connectivity index (χ1) is 13.2. The van der Waals surface area contributed by atoms with Gasteiger partial charge in [-0.2, -0.15) is 5.26 Å². The molecule has 27 heavy (non-hydrogen) atoms. The quantitative estimate of drug-likeness (QED) is 0.684. The molecule has 3 aromatic carbocycles. The Labute approximate surface area is 157 Å². The molecule has 0 bridgehead atoms. The molecule has 0 radical (unpaired) electrons. The number of hydrogen-bond donors (Lipinski definition) is 2. The number of benzene rings is 3. The lowest BCUT2D eigenvalue weighted by molar-refractivity contribution is 0.394. The second-order valence-electron chi connectivity index (χ2n) is 6.21. The molecular formula is C22H17N3O2. The van der Waals surface area contributed by atoms with Crippen molar-refractivity contribution in [3.05, 3.63) is 95.4 Å². The van der Waals surface area contributed by atoms with Crippen LogP contribution in [0, 0.1) is 11.3 Å². The van der Waals surface area contributed by atoms with E-state index in [2.05, 4.69) is 6.07 Å². The molecule has 1 atom stereocenters. The summed E-state index contributed by atoms with van der Waals surface area (Å²) in [7, 11) is 0. The average Bonchev–Trinajstić information content (AvgIpc) is 2.68. The maximum Gasteiger partial charge on any atom is 0.205 e. The van der Waals surface area contributed by atoms with Gasteiger partial charge in [-0.1, -0.05) is 36.4 Å². The first-order valence-corrected chi connectivity index (χ1v) is 8.45. The number of nitriles is 1. The number of hydrogen-bond acceptors (Lipinski definition) is 5. The third-order valence-corrected chi connectivity index (χ3v) is 4.41. The Morgan fingerprint density at radius 2 is 1.67 bits per heavy atom. The minimum Gasteiger partial charge on any atom is -0.457 e. The minimum absolute atomic E-state index is 0.0926. The van der Waals surface area contributed by atoms with Crippen molar-refractivity contribution < 1.29 is 9.47 Å². The summed E-state index contributed by atoms with van der Waals surface area (Å²) in [6, 6.07) is 24.7. The topological polar surface area (TPSA) is 94.3 Å². The van der Waals surface area contributed by atoms with E-state index >= 15 is 0 Å². The lowest BCUT2D eigenvalue weighted by Crippen LogP contribution is -2.21. The Kier molecular flexibility index (Phi) is 4.15. The predicted octanol–water partition coefficient (Wildman–Crippen LogP) is 4.28. The van der Waals surface area contributed by atoms with Crippen LogP contribution in [0.15, 0.2) is 84.3 Å². The van der Waals surface area contributed by atoms with Crippen LogP contribution in [0.4, 0.5) is 5.69 Å². The number of ether oxygens (including phenoxy) is 2. The second-order valence-corrected chi connectivity index (χ2v) is 6.21. The predicted molar refractivity (Wildman–Crippen MR) is 103 cm³/mol. The van der Waals surface area contributed by atoms with Gasteiger partial charge in [-0.05, 0) is 35.9 Å². The van der Waals surface area contributed by atoms with Crippen molar-refractivity contribution in [3.63, 3.8) is 0 Å². The van der Waals surface area contributed by atoms with Gasteiger partial charge in [0, 0.05) is 17.3 Å². The highest BCUT2D eigenvalue weighted by Gasteiger charge is 2.30. The van der Waals surface area contributed by atoms with Gasteiger partial charge in [-0.15, -0.1) is 0 Å². The van der Waals surface area contributed by atoms with Crippen LogP contribution in [0.3, 0.4) is 0 Å². The van der Waals surface area contributed by atoms with E-state index in [4.69, 9.17) is 20.9 Å². The van der Waals surface area contributed by atoms with E-state index in [9.17, 15) is 5.26 Å². The summed E-state index contributed by atoms with van der Waals surface area (Å²) >= 11 is 0. The second kappa shape index (κ2) is 6.77. The molecule has 1 heterocycles. The first-order valence-electron chi connectivity index (χ1n) is 8.45. The van der Waals surface area contributed by atoms with Gasteiger partial charge in [0.05, 0.1) is 5.92 Å². The molecule has 0 fully saturated rings. The fraction of sp³-hybridized carbons (Fsp3) is 0.0455. The van der Waals surface area contributed by atoms with Crippen LogP contribution >= 0.6 is 0 Å². The van der Waals surface area contributed by atoms with Crippen molar-refractivity contribution in [2.24, 2.45) is 5.73 Å². The highest BCUT2D eigenvalue weighted by atomic mass is 16.5. The van der Waals surface area contributed by atoms with E-state index in [-0.39, 0.29) is 11.8 Å². The van der Waals surface area contributed by atoms with Crippen molar-refractivity contribution in [1.82, 2.24) is 0 Å². The lowest BCUT2D eigenvalue weighted by Gasteiger charge is -2.26. The fourth-order valence-electron chi connectivity index (χ4n) is 3.20. The number of rotatable bonds is 3. The van der Waals surface area contributed by atoms with Gasteiger partial charge < -0.3 is 20.9 Å². The third-order valence-electron chi connectivity index (χ3n) is 4.41. The SMILES string of the molecule is N#CC1=C(N)Oc2cc(N)ccc2C1c1cccc(Oc2ccccc2)c1. The van der Waals surface area contributed by atoms with Crippen LogP contribution in [0.2, 0.25) is 0 Å². The summed E-state index contributed by atoms with van der Waals surface area (Å²) in [5.74, 6) is 1.72. The molecular weight excluding hydrogens is 338 g/mol. The smallest absolute Gasteiger partial charge is 0.205 e. The molecule has 3 aromatic rings. The molecule has 4 rings (SSSR count). The van der Waals surface area contributed by atoms with Crippen molar-refractivity contribution in [2.75, 3.05) is 5.73 Å². The zero-order valence-electron chi connectivity index (χ0n) is 14.4.